The molecule has 0 amide bonds. The summed E-state index contributed by atoms with van der Waals surface area (Å²) in [5.74, 6) is 0.700. The minimum atomic E-state index is -0.386. The number of hydrogen-bond donors (Lipinski definition) is 1. The predicted molar refractivity (Wildman–Crippen MR) is 75.6 cm³/mol. The minimum absolute atomic E-state index is 0.139. The molecule has 0 aliphatic heterocycles. The van der Waals surface area contributed by atoms with E-state index in [0.29, 0.717) is 10.8 Å². The summed E-state index contributed by atoms with van der Waals surface area (Å²) >= 11 is 6.16. The lowest BCUT2D eigenvalue weighted by atomic mass is 9.95. The molecule has 2 atom stereocenters. The highest BCUT2D eigenvalue weighted by molar-refractivity contribution is 6.35. The topological polar surface area (TPSA) is 42.4 Å². The standard InChI is InChI=1S/C15H16ClNO2/c16-11-7-8-14(15-10(11)4-3-9-17-15)19-13-6-2-1-5-12(13)18/h3-4,7-9,12-13,18H,1-2,5-6H2/t12-,13-/m0/s1. The van der Waals surface area contributed by atoms with Gasteiger partial charge in [-0.05, 0) is 43.5 Å². The Morgan fingerprint density at radius 1 is 1.21 bits per heavy atom. The fourth-order valence-corrected chi connectivity index (χ4v) is 2.80. The molecule has 1 aliphatic carbocycles. The van der Waals surface area contributed by atoms with Crippen LogP contribution in [0, 0.1) is 0 Å². The van der Waals surface area contributed by atoms with E-state index < -0.39 is 0 Å². The maximum atomic E-state index is 9.99. The van der Waals surface area contributed by atoms with Gasteiger partial charge >= 0.3 is 0 Å². The third kappa shape index (κ3) is 2.53. The van der Waals surface area contributed by atoms with E-state index in [1.54, 1.807) is 6.20 Å². The second kappa shape index (κ2) is 5.35. The Hall–Kier alpha value is -1.32. The van der Waals surface area contributed by atoms with E-state index in [2.05, 4.69) is 4.98 Å². The lowest BCUT2D eigenvalue weighted by Crippen LogP contribution is -2.34. The number of aromatic nitrogens is 1. The average Bonchev–Trinajstić information content (AvgIpc) is 2.44. The molecule has 1 aromatic heterocycles. The molecule has 1 N–H and O–H groups in total. The summed E-state index contributed by atoms with van der Waals surface area (Å²) in [4.78, 5) is 4.34. The van der Waals surface area contributed by atoms with Gasteiger partial charge in [-0.1, -0.05) is 18.0 Å². The first-order valence-electron chi connectivity index (χ1n) is 6.63. The van der Waals surface area contributed by atoms with Crippen LogP contribution in [0.3, 0.4) is 0 Å². The second-order valence-electron chi connectivity index (χ2n) is 4.95. The Morgan fingerprint density at radius 2 is 2.05 bits per heavy atom. The van der Waals surface area contributed by atoms with E-state index in [1.807, 2.05) is 24.3 Å². The molecule has 1 fully saturated rings. The van der Waals surface area contributed by atoms with Crippen LogP contribution in [0.25, 0.3) is 10.9 Å². The van der Waals surface area contributed by atoms with Crippen LogP contribution in [0.15, 0.2) is 30.5 Å². The number of pyridine rings is 1. The Labute approximate surface area is 117 Å². The van der Waals surface area contributed by atoms with E-state index >= 15 is 0 Å². The van der Waals surface area contributed by atoms with E-state index in [1.165, 1.54) is 0 Å². The zero-order valence-corrected chi connectivity index (χ0v) is 11.3. The zero-order valence-electron chi connectivity index (χ0n) is 10.6. The molecule has 1 heterocycles. The van der Waals surface area contributed by atoms with Gasteiger partial charge in [0.1, 0.15) is 17.4 Å². The smallest absolute Gasteiger partial charge is 0.146 e. The summed E-state index contributed by atoms with van der Waals surface area (Å²) < 4.78 is 5.96. The van der Waals surface area contributed by atoms with Gasteiger partial charge in [0.25, 0.3) is 0 Å². The molecule has 0 bridgehead atoms. The number of aliphatic hydroxyl groups excluding tert-OH is 1. The molecule has 1 aliphatic rings. The normalized spacial score (nSPS) is 23.5. The zero-order chi connectivity index (χ0) is 13.2. The van der Waals surface area contributed by atoms with E-state index in [-0.39, 0.29) is 12.2 Å². The van der Waals surface area contributed by atoms with Crippen molar-refractivity contribution in [2.45, 2.75) is 37.9 Å². The van der Waals surface area contributed by atoms with Crippen LogP contribution in [0.5, 0.6) is 5.75 Å². The molecular formula is C15H16ClNO2. The van der Waals surface area contributed by atoms with Crippen molar-refractivity contribution < 1.29 is 9.84 Å². The Balaban J connectivity index is 1.94. The number of aliphatic hydroxyl groups is 1. The molecule has 100 valence electrons. The summed E-state index contributed by atoms with van der Waals surface area (Å²) in [5.41, 5.74) is 0.757. The Morgan fingerprint density at radius 3 is 2.89 bits per heavy atom. The quantitative estimate of drug-likeness (QED) is 0.912. The highest BCUT2D eigenvalue weighted by Crippen LogP contribution is 2.32. The van der Waals surface area contributed by atoms with Crippen LogP contribution in [-0.2, 0) is 0 Å². The van der Waals surface area contributed by atoms with Crippen molar-refractivity contribution in [3.63, 3.8) is 0 Å². The first kappa shape index (κ1) is 12.7. The summed E-state index contributed by atoms with van der Waals surface area (Å²) in [6.45, 7) is 0. The lowest BCUT2D eigenvalue weighted by Gasteiger charge is -2.28. The van der Waals surface area contributed by atoms with Gasteiger partial charge in [0.15, 0.2) is 0 Å². The van der Waals surface area contributed by atoms with Gasteiger partial charge in [-0.2, -0.15) is 0 Å². The summed E-state index contributed by atoms with van der Waals surface area (Å²) in [6.07, 6.45) is 5.06. The van der Waals surface area contributed by atoms with Crippen LogP contribution >= 0.6 is 11.6 Å². The molecule has 19 heavy (non-hydrogen) atoms. The summed E-state index contributed by atoms with van der Waals surface area (Å²) in [6, 6.07) is 7.43. The van der Waals surface area contributed by atoms with Gasteiger partial charge in [0, 0.05) is 11.6 Å². The largest absolute Gasteiger partial charge is 0.485 e. The molecule has 3 rings (SSSR count). The Bertz CT molecular complexity index is 587. The van der Waals surface area contributed by atoms with Gasteiger partial charge in [0.2, 0.25) is 0 Å². The molecular weight excluding hydrogens is 262 g/mol. The van der Waals surface area contributed by atoms with Gasteiger partial charge in [-0.15, -0.1) is 0 Å². The number of nitrogens with zero attached hydrogens (tertiary/aromatic N) is 1. The van der Waals surface area contributed by atoms with E-state index in [4.69, 9.17) is 16.3 Å². The fourth-order valence-electron chi connectivity index (χ4n) is 2.58. The lowest BCUT2D eigenvalue weighted by molar-refractivity contribution is 0.00759. The van der Waals surface area contributed by atoms with Gasteiger partial charge in [-0.3, -0.25) is 4.98 Å². The van der Waals surface area contributed by atoms with E-state index in [9.17, 15) is 5.11 Å². The van der Waals surface area contributed by atoms with Crippen LogP contribution in [0.4, 0.5) is 0 Å². The maximum absolute atomic E-state index is 9.99. The van der Waals surface area contributed by atoms with Gasteiger partial charge in [0.05, 0.1) is 11.1 Å². The first-order valence-corrected chi connectivity index (χ1v) is 7.01. The molecule has 4 heteroatoms. The molecule has 0 radical (unpaired) electrons. The number of benzene rings is 1. The summed E-state index contributed by atoms with van der Waals surface area (Å²) in [5, 5.41) is 11.5. The molecule has 0 spiro atoms. The Kier molecular flexibility index (Phi) is 3.58. The number of halogens is 1. The highest BCUT2D eigenvalue weighted by Gasteiger charge is 2.25. The van der Waals surface area contributed by atoms with Crippen LogP contribution < -0.4 is 4.74 Å². The van der Waals surface area contributed by atoms with Crippen molar-refractivity contribution in [3.8, 4) is 5.75 Å². The van der Waals surface area contributed by atoms with Gasteiger partial charge in [-0.25, -0.2) is 0 Å². The number of fused-ring (bicyclic) bond motifs is 1. The second-order valence-corrected chi connectivity index (χ2v) is 5.36. The van der Waals surface area contributed by atoms with Crippen molar-refractivity contribution in [2.24, 2.45) is 0 Å². The van der Waals surface area contributed by atoms with Crippen molar-refractivity contribution >= 4 is 22.5 Å². The van der Waals surface area contributed by atoms with Crippen molar-refractivity contribution in [2.75, 3.05) is 0 Å². The van der Waals surface area contributed by atoms with Crippen LogP contribution in [0.1, 0.15) is 25.7 Å². The fraction of sp³-hybridized carbons (Fsp3) is 0.400. The molecule has 2 aromatic rings. The molecule has 0 unspecified atom stereocenters. The third-order valence-corrected chi connectivity index (χ3v) is 3.96. The highest BCUT2D eigenvalue weighted by atomic mass is 35.5. The molecule has 1 saturated carbocycles. The maximum Gasteiger partial charge on any atom is 0.146 e. The minimum Gasteiger partial charge on any atom is -0.485 e. The number of rotatable bonds is 2. The van der Waals surface area contributed by atoms with E-state index in [0.717, 1.165) is 36.6 Å². The van der Waals surface area contributed by atoms with Crippen LogP contribution in [0.2, 0.25) is 5.02 Å². The molecule has 0 saturated heterocycles. The third-order valence-electron chi connectivity index (χ3n) is 3.63. The number of hydrogen-bond acceptors (Lipinski definition) is 3. The van der Waals surface area contributed by atoms with Gasteiger partial charge < -0.3 is 9.84 Å². The van der Waals surface area contributed by atoms with Crippen molar-refractivity contribution in [1.29, 1.82) is 0 Å². The summed E-state index contributed by atoms with van der Waals surface area (Å²) in [7, 11) is 0. The SMILES string of the molecule is O[C@H]1CCCC[C@@H]1Oc1ccc(Cl)c2cccnc12. The average molecular weight is 278 g/mol. The molecule has 1 aromatic carbocycles. The monoisotopic (exact) mass is 277 g/mol. The van der Waals surface area contributed by atoms with Crippen molar-refractivity contribution in [1.82, 2.24) is 4.98 Å². The van der Waals surface area contributed by atoms with Crippen LogP contribution in [-0.4, -0.2) is 22.3 Å². The predicted octanol–water partition coefficient (Wildman–Crippen LogP) is 3.57. The molecule has 3 nitrogen and oxygen atoms in total. The number of ether oxygens (including phenoxy) is 1. The van der Waals surface area contributed by atoms with Crippen molar-refractivity contribution in [3.05, 3.63) is 35.5 Å². The first-order chi connectivity index (χ1) is 9.25.